The second kappa shape index (κ2) is 11.2. The molecule has 1 unspecified atom stereocenters. The zero-order chi connectivity index (χ0) is 25.8. The number of aromatic nitrogens is 4. The summed E-state index contributed by atoms with van der Waals surface area (Å²) in [4.78, 5) is 27.7. The van der Waals surface area contributed by atoms with Gasteiger partial charge in [0.05, 0.1) is 25.9 Å². The smallest absolute Gasteiger partial charge is 0.338 e. The van der Waals surface area contributed by atoms with Gasteiger partial charge < -0.3 is 29.2 Å². The first kappa shape index (κ1) is 25.0. The molecule has 12 nitrogen and oxygen atoms in total. The summed E-state index contributed by atoms with van der Waals surface area (Å²) in [7, 11) is 1.53. The Hall–Kier alpha value is -3.67. The minimum atomic E-state index is -0.625. The first-order chi connectivity index (χ1) is 18.0. The van der Waals surface area contributed by atoms with E-state index in [9.17, 15) is 9.59 Å². The molecule has 0 bridgehead atoms. The topological polar surface area (TPSA) is 130 Å². The van der Waals surface area contributed by atoms with Gasteiger partial charge in [0.2, 0.25) is 5.95 Å². The number of anilines is 1. The van der Waals surface area contributed by atoms with Gasteiger partial charge in [0, 0.05) is 18.8 Å². The molecule has 1 aromatic heterocycles. The number of amides is 1. The van der Waals surface area contributed by atoms with Crippen molar-refractivity contribution in [3.8, 4) is 11.5 Å². The second-order valence-electron chi connectivity index (χ2n) is 9.37. The molecule has 1 amide bonds. The van der Waals surface area contributed by atoms with Crippen LogP contribution in [0.25, 0.3) is 0 Å². The van der Waals surface area contributed by atoms with Gasteiger partial charge in [-0.05, 0) is 60.7 Å². The van der Waals surface area contributed by atoms with Gasteiger partial charge in [0.1, 0.15) is 12.1 Å². The summed E-state index contributed by atoms with van der Waals surface area (Å²) < 4.78 is 24.2. The number of tetrazole rings is 1. The number of methoxy groups -OCH3 is 1. The Morgan fingerprint density at radius 1 is 1.14 bits per heavy atom. The SMILES string of the molecule is COc1cc(C2C(C(=O)OC3CCCCC3)=C(C)Nc3nnnn32)ccc1OCC(=O)N1CCOCC1. The zero-order valence-corrected chi connectivity index (χ0v) is 21.1. The van der Waals surface area contributed by atoms with E-state index in [1.54, 1.807) is 21.7 Å². The van der Waals surface area contributed by atoms with Crippen molar-refractivity contribution in [1.29, 1.82) is 0 Å². The Morgan fingerprint density at radius 2 is 1.92 bits per heavy atom. The highest BCUT2D eigenvalue weighted by atomic mass is 16.5. The highest BCUT2D eigenvalue weighted by Gasteiger charge is 2.36. The van der Waals surface area contributed by atoms with E-state index in [1.807, 2.05) is 13.0 Å². The van der Waals surface area contributed by atoms with Crippen LogP contribution in [-0.2, 0) is 19.1 Å². The molecule has 2 aliphatic heterocycles. The van der Waals surface area contributed by atoms with E-state index in [1.165, 1.54) is 13.5 Å². The number of ether oxygens (including phenoxy) is 4. The van der Waals surface area contributed by atoms with Crippen LogP contribution in [0.4, 0.5) is 5.95 Å². The van der Waals surface area contributed by atoms with Gasteiger partial charge >= 0.3 is 5.97 Å². The van der Waals surface area contributed by atoms with Gasteiger partial charge in [-0.15, -0.1) is 0 Å². The van der Waals surface area contributed by atoms with Crippen LogP contribution in [0.15, 0.2) is 29.5 Å². The number of nitrogens with one attached hydrogen (secondary N) is 1. The molecule has 0 spiro atoms. The lowest BCUT2D eigenvalue weighted by atomic mass is 9.94. The molecule has 1 atom stereocenters. The van der Waals surface area contributed by atoms with Gasteiger partial charge in [-0.25, -0.2) is 4.79 Å². The van der Waals surface area contributed by atoms with Gasteiger partial charge in [0.25, 0.3) is 5.91 Å². The quantitative estimate of drug-likeness (QED) is 0.550. The number of morpholine rings is 1. The maximum Gasteiger partial charge on any atom is 0.338 e. The number of nitrogens with zero attached hydrogens (tertiary/aromatic N) is 5. The number of rotatable bonds is 7. The van der Waals surface area contributed by atoms with Crippen molar-refractivity contribution in [1.82, 2.24) is 25.1 Å². The van der Waals surface area contributed by atoms with Crippen LogP contribution in [0.2, 0.25) is 0 Å². The Morgan fingerprint density at radius 3 is 2.68 bits per heavy atom. The van der Waals surface area contributed by atoms with E-state index in [-0.39, 0.29) is 18.6 Å². The van der Waals surface area contributed by atoms with Gasteiger partial charge in [-0.3, -0.25) is 4.79 Å². The van der Waals surface area contributed by atoms with Crippen molar-refractivity contribution in [3.05, 3.63) is 35.0 Å². The monoisotopic (exact) mass is 512 g/mol. The van der Waals surface area contributed by atoms with Crippen LogP contribution < -0.4 is 14.8 Å². The standard InChI is InChI=1S/C25H32N6O6/c1-16-22(24(33)37-18-6-4-3-5-7-18)23(31-25(26-16)27-28-29-31)17-8-9-19(20(14-17)34-2)36-15-21(32)30-10-12-35-13-11-30/h8-9,14,18,23H,3-7,10-13,15H2,1-2H3,(H,26,27,29). The number of esters is 1. The number of carbonyl (C=O) groups excluding carboxylic acids is 2. The molecule has 1 saturated carbocycles. The molecule has 1 aliphatic carbocycles. The van der Waals surface area contributed by atoms with E-state index in [0.29, 0.717) is 60.6 Å². The molecule has 3 heterocycles. The third-order valence-electron chi connectivity index (χ3n) is 6.98. The van der Waals surface area contributed by atoms with E-state index < -0.39 is 12.0 Å². The number of benzene rings is 1. The first-order valence-electron chi connectivity index (χ1n) is 12.7. The van der Waals surface area contributed by atoms with E-state index in [2.05, 4.69) is 20.8 Å². The highest BCUT2D eigenvalue weighted by molar-refractivity contribution is 5.92. The zero-order valence-electron chi connectivity index (χ0n) is 21.1. The first-order valence-corrected chi connectivity index (χ1v) is 12.7. The number of hydrogen-bond acceptors (Lipinski definition) is 10. The van der Waals surface area contributed by atoms with Crippen LogP contribution in [0.5, 0.6) is 11.5 Å². The Kier molecular flexibility index (Phi) is 7.54. The van der Waals surface area contributed by atoms with Crippen molar-refractivity contribution in [2.45, 2.75) is 51.2 Å². The summed E-state index contributed by atoms with van der Waals surface area (Å²) in [5.41, 5.74) is 1.78. The fourth-order valence-corrected chi connectivity index (χ4v) is 5.00. The van der Waals surface area contributed by atoms with Gasteiger partial charge in [-0.2, -0.15) is 4.68 Å². The number of hydrogen-bond donors (Lipinski definition) is 1. The summed E-state index contributed by atoms with van der Waals surface area (Å²) >= 11 is 0. The largest absolute Gasteiger partial charge is 0.493 e. The molecule has 2 aromatic rings. The normalized spacial score (nSPS) is 20.2. The fraction of sp³-hybridized carbons (Fsp3) is 0.560. The molecule has 12 heteroatoms. The average Bonchev–Trinajstić information content (AvgIpc) is 3.40. The Balaban J connectivity index is 1.39. The number of fused-ring (bicyclic) bond motifs is 1. The average molecular weight is 513 g/mol. The molecule has 1 aromatic carbocycles. The predicted octanol–water partition coefficient (Wildman–Crippen LogP) is 2.08. The van der Waals surface area contributed by atoms with Crippen molar-refractivity contribution in [2.24, 2.45) is 0 Å². The predicted molar refractivity (Wildman–Crippen MR) is 131 cm³/mol. The van der Waals surface area contributed by atoms with Crippen LogP contribution in [0, 0.1) is 0 Å². The molecule has 198 valence electrons. The summed E-state index contributed by atoms with van der Waals surface area (Å²) in [5, 5.41) is 15.1. The van der Waals surface area contributed by atoms with Crippen molar-refractivity contribution >= 4 is 17.8 Å². The maximum atomic E-state index is 13.4. The summed E-state index contributed by atoms with van der Waals surface area (Å²) in [5.74, 6) is 0.770. The summed E-state index contributed by atoms with van der Waals surface area (Å²) in [6, 6.07) is 4.70. The Bertz CT molecular complexity index is 1170. The third-order valence-corrected chi connectivity index (χ3v) is 6.98. The van der Waals surface area contributed by atoms with Crippen molar-refractivity contribution in [3.63, 3.8) is 0 Å². The molecule has 2 fully saturated rings. The maximum absolute atomic E-state index is 13.4. The fourth-order valence-electron chi connectivity index (χ4n) is 5.00. The van der Waals surface area contributed by atoms with Gasteiger partial charge in [-0.1, -0.05) is 17.6 Å². The van der Waals surface area contributed by atoms with E-state index in [0.717, 1.165) is 25.7 Å². The van der Waals surface area contributed by atoms with Crippen LogP contribution in [-0.4, -0.2) is 83.1 Å². The number of carbonyl (C=O) groups is 2. The van der Waals surface area contributed by atoms with Gasteiger partial charge in [0.15, 0.2) is 18.1 Å². The van der Waals surface area contributed by atoms with Crippen LogP contribution in [0.1, 0.15) is 50.6 Å². The lowest BCUT2D eigenvalue weighted by Crippen LogP contribution is -2.43. The highest BCUT2D eigenvalue weighted by Crippen LogP contribution is 2.39. The molecule has 0 radical (unpaired) electrons. The second-order valence-corrected chi connectivity index (χ2v) is 9.37. The molecule has 37 heavy (non-hydrogen) atoms. The van der Waals surface area contributed by atoms with Crippen molar-refractivity contribution < 1.29 is 28.5 Å². The molecule has 1 N–H and O–H groups in total. The minimum Gasteiger partial charge on any atom is -0.493 e. The van der Waals surface area contributed by atoms with E-state index >= 15 is 0 Å². The molecule has 1 saturated heterocycles. The Labute approximate surface area is 214 Å². The van der Waals surface area contributed by atoms with Crippen molar-refractivity contribution in [2.75, 3.05) is 45.3 Å². The third kappa shape index (κ3) is 5.38. The molecule has 3 aliphatic rings. The van der Waals surface area contributed by atoms with Crippen LogP contribution >= 0.6 is 0 Å². The lowest BCUT2D eigenvalue weighted by molar-refractivity contribution is -0.146. The lowest BCUT2D eigenvalue weighted by Gasteiger charge is -2.30. The van der Waals surface area contributed by atoms with Crippen LogP contribution in [0.3, 0.4) is 0 Å². The van der Waals surface area contributed by atoms with E-state index in [4.69, 9.17) is 18.9 Å². The minimum absolute atomic E-state index is 0.0909. The molecule has 5 rings (SSSR count). The summed E-state index contributed by atoms with van der Waals surface area (Å²) in [6.45, 7) is 3.85. The molecular weight excluding hydrogens is 480 g/mol. The molecular formula is C25H32N6O6. The number of allylic oxidation sites excluding steroid dienone is 1. The summed E-state index contributed by atoms with van der Waals surface area (Å²) in [6.07, 6.45) is 4.93.